The molecule has 0 radical (unpaired) electrons. The Balaban J connectivity index is 1.79. The van der Waals surface area contributed by atoms with Crippen LogP contribution in [0, 0.1) is 11.3 Å². The van der Waals surface area contributed by atoms with Crippen molar-refractivity contribution < 1.29 is 17.9 Å². The summed E-state index contributed by atoms with van der Waals surface area (Å²) in [6.45, 7) is 5.93. The second-order valence-electron chi connectivity index (χ2n) is 6.06. The Kier molecular flexibility index (Phi) is 7.19. The molecule has 0 aromatic heterocycles. The summed E-state index contributed by atoms with van der Waals surface area (Å²) in [5, 5.41) is 12.0. The van der Waals surface area contributed by atoms with Crippen molar-refractivity contribution in [3.05, 3.63) is 11.8 Å². The summed E-state index contributed by atoms with van der Waals surface area (Å²) in [5.41, 5.74) is 0.0368. The van der Waals surface area contributed by atoms with Crippen molar-refractivity contribution in [2.24, 2.45) is 0 Å². The standard InChI is InChI=1S/C15H25N5O4S/c1-25(22,23)20-6-4-19(5-7-20)13-14(12-16)15(21)17-2-3-18-8-10-24-11-9-18/h13H,2-11H2,1H3,(H,17,21)/b14-13-. The number of nitrogens with zero attached hydrogens (tertiary/aromatic N) is 4. The highest BCUT2D eigenvalue weighted by molar-refractivity contribution is 7.88. The molecule has 2 fully saturated rings. The van der Waals surface area contributed by atoms with Gasteiger partial charge >= 0.3 is 0 Å². The average molecular weight is 371 g/mol. The van der Waals surface area contributed by atoms with Gasteiger partial charge in [-0.15, -0.1) is 0 Å². The number of nitrogens with one attached hydrogen (secondary N) is 1. The van der Waals surface area contributed by atoms with Crippen molar-refractivity contribution in [1.29, 1.82) is 5.26 Å². The number of carbonyl (C=O) groups excluding carboxylic acids is 1. The lowest BCUT2D eigenvalue weighted by Crippen LogP contribution is -2.46. The molecular weight excluding hydrogens is 346 g/mol. The van der Waals surface area contributed by atoms with Crippen molar-refractivity contribution in [3.8, 4) is 6.07 Å². The van der Waals surface area contributed by atoms with Gasteiger partial charge < -0.3 is 15.0 Å². The molecule has 1 amide bonds. The first-order valence-electron chi connectivity index (χ1n) is 8.29. The smallest absolute Gasteiger partial charge is 0.263 e. The van der Waals surface area contributed by atoms with Crippen LogP contribution in [-0.4, -0.2) is 100 Å². The van der Waals surface area contributed by atoms with Gasteiger partial charge in [0.05, 0.1) is 19.5 Å². The Hall–Kier alpha value is -1.67. The van der Waals surface area contributed by atoms with Crippen LogP contribution in [0.1, 0.15) is 0 Å². The number of amides is 1. The summed E-state index contributed by atoms with van der Waals surface area (Å²) < 4.78 is 29.6. The maximum absolute atomic E-state index is 12.1. The third-order valence-electron chi connectivity index (χ3n) is 4.24. The van der Waals surface area contributed by atoms with E-state index >= 15 is 0 Å². The van der Waals surface area contributed by atoms with E-state index in [0.717, 1.165) is 19.6 Å². The molecule has 0 aromatic carbocycles. The lowest BCUT2D eigenvalue weighted by Gasteiger charge is -2.32. The fourth-order valence-electron chi connectivity index (χ4n) is 2.73. The maximum atomic E-state index is 12.1. The summed E-state index contributed by atoms with van der Waals surface area (Å²) in [6.07, 6.45) is 2.70. The van der Waals surface area contributed by atoms with Crippen LogP contribution in [0.4, 0.5) is 0 Å². The lowest BCUT2D eigenvalue weighted by molar-refractivity contribution is -0.117. The third kappa shape index (κ3) is 6.28. The van der Waals surface area contributed by atoms with E-state index in [4.69, 9.17) is 4.74 Å². The quantitative estimate of drug-likeness (QED) is 0.444. The zero-order valence-electron chi connectivity index (χ0n) is 14.5. The number of ether oxygens (including phenoxy) is 1. The van der Waals surface area contributed by atoms with E-state index in [0.29, 0.717) is 45.9 Å². The molecule has 1 N–H and O–H groups in total. The zero-order valence-corrected chi connectivity index (χ0v) is 15.3. The Morgan fingerprint density at radius 2 is 1.84 bits per heavy atom. The molecule has 0 atom stereocenters. The van der Waals surface area contributed by atoms with Gasteiger partial charge in [-0.25, -0.2) is 8.42 Å². The van der Waals surface area contributed by atoms with Crippen molar-refractivity contribution >= 4 is 15.9 Å². The molecule has 9 nitrogen and oxygen atoms in total. The number of piperazine rings is 1. The van der Waals surface area contributed by atoms with E-state index in [-0.39, 0.29) is 5.57 Å². The van der Waals surface area contributed by atoms with Crippen molar-refractivity contribution in [1.82, 2.24) is 19.4 Å². The van der Waals surface area contributed by atoms with Crippen LogP contribution in [0.25, 0.3) is 0 Å². The molecule has 2 heterocycles. The molecular formula is C15H25N5O4S. The highest BCUT2D eigenvalue weighted by Crippen LogP contribution is 2.08. The van der Waals surface area contributed by atoms with Crippen molar-refractivity contribution in [2.45, 2.75) is 0 Å². The Morgan fingerprint density at radius 1 is 1.20 bits per heavy atom. The number of nitriles is 1. The summed E-state index contributed by atoms with van der Waals surface area (Å²) in [6, 6.07) is 1.92. The van der Waals surface area contributed by atoms with Gasteiger partial charge in [-0.3, -0.25) is 9.69 Å². The molecule has 2 rings (SSSR count). The van der Waals surface area contributed by atoms with Gasteiger partial charge in [-0.2, -0.15) is 9.57 Å². The van der Waals surface area contributed by atoms with Gasteiger partial charge in [-0.1, -0.05) is 0 Å². The molecule has 0 spiro atoms. The highest BCUT2D eigenvalue weighted by atomic mass is 32.2. The largest absolute Gasteiger partial charge is 0.379 e. The van der Waals surface area contributed by atoms with E-state index in [1.165, 1.54) is 16.8 Å². The minimum absolute atomic E-state index is 0.0368. The fraction of sp³-hybridized carbons (Fsp3) is 0.733. The number of morpholine rings is 1. The SMILES string of the molecule is CS(=O)(=O)N1CCN(/C=C(/C#N)C(=O)NCCN2CCOCC2)CC1. The van der Waals surface area contributed by atoms with Crippen LogP contribution in [0.3, 0.4) is 0 Å². The van der Waals surface area contributed by atoms with Gasteiger partial charge in [0, 0.05) is 58.6 Å². The predicted octanol–water partition coefficient (Wildman–Crippen LogP) is -1.58. The highest BCUT2D eigenvalue weighted by Gasteiger charge is 2.23. The zero-order chi connectivity index (χ0) is 18.3. The third-order valence-corrected chi connectivity index (χ3v) is 5.54. The normalized spacial score (nSPS) is 21.0. The second kappa shape index (κ2) is 9.15. The molecule has 140 valence electrons. The topological polar surface area (TPSA) is 106 Å². The summed E-state index contributed by atoms with van der Waals surface area (Å²) in [7, 11) is -3.19. The van der Waals surface area contributed by atoms with Gasteiger partial charge in [0.15, 0.2) is 0 Å². The Bertz CT molecular complexity index is 629. The van der Waals surface area contributed by atoms with Crippen LogP contribution >= 0.6 is 0 Å². The van der Waals surface area contributed by atoms with E-state index in [2.05, 4.69) is 10.2 Å². The number of rotatable bonds is 6. The average Bonchev–Trinajstić information content (AvgIpc) is 2.60. The molecule has 10 heteroatoms. The molecule has 0 bridgehead atoms. The van der Waals surface area contributed by atoms with E-state index in [1.54, 1.807) is 0 Å². The lowest BCUT2D eigenvalue weighted by atomic mass is 10.2. The van der Waals surface area contributed by atoms with Crippen molar-refractivity contribution in [2.75, 3.05) is 71.8 Å². The minimum Gasteiger partial charge on any atom is -0.379 e. The van der Waals surface area contributed by atoms with Crippen molar-refractivity contribution in [3.63, 3.8) is 0 Å². The second-order valence-corrected chi connectivity index (χ2v) is 8.04. The minimum atomic E-state index is -3.19. The monoisotopic (exact) mass is 371 g/mol. The first kappa shape index (κ1) is 19.7. The van der Waals surface area contributed by atoms with Crippen LogP contribution < -0.4 is 5.32 Å². The molecule has 2 aliphatic heterocycles. The van der Waals surface area contributed by atoms with E-state index in [9.17, 15) is 18.5 Å². The number of hydrogen-bond acceptors (Lipinski definition) is 7. The maximum Gasteiger partial charge on any atom is 0.263 e. The van der Waals surface area contributed by atoms with Gasteiger partial charge in [0.25, 0.3) is 5.91 Å². The van der Waals surface area contributed by atoms with Gasteiger partial charge in [-0.05, 0) is 0 Å². The molecule has 0 aliphatic carbocycles. The Morgan fingerprint density at radius 3 is 2.40 bits per heavy atom. The molecule has 0 saturated carbocycles. The number of sulfonamides is 1. The molecule has 2 saturated heterocycles. The van der Waals surface area contributed by atoms with Crippen LogP contribution in [0.15, 0.2) is 11.8 Å². The predicted molar refractivity (Wildman–Crippen MR) is 92.0 cm³/mol. The molecule has 0 aromatic rings. The fourth-order valence-corrected chi connectivity index (χ4v) is 3.56. The van der Waals surface area contributed by atoms with Crippen LogP contribution in [0.2, 0.25) is 0 Å². The molecule has 0 unspecified atom stereocenters. The number of hydrogen-bond donors (Lipinski definition) is 1. The number of carbonyl (C=O) groups is 1. The molecule has 2 aliphatic rings. The Labute approximate surface area is 148 Å². The summed E-state index contributed by atoms with van der Waals surface area (Å²) >= 11 is 0. The van der Waals surface area contributed by atoms with Crippen LogP contribution in [-0.2, 0) is 19.6 Å². The first-order chi connectivity index (χ1) is 11.9. The van der Waals surface area contributed by atoms with E-state index in [1.807, 2.05) is 11.0 Å². The summed E-state index contributed by atoms with van der Waals surface area (Å²) in [4.78, 5) is 16.1. The van der Waals surface area contributed by atoms with Gasteiger partial charge in [0.2, 0.25) is 10.0 Å². The molecule has 25 heavy (non-hydrogen) atoms. The van der Waals surface area contributed by atoms with Crippen LogP contribution in [0.5, 0.6) is 0 Å². The van der Waals surface area contributed by atoms with E-state index < -0.39 is 15.9 Å². The van der Waals surface area contributed by atoms with Gasteiger partial charge in [0.1, 0.15) is 11.6 Å². The summed E-state index contributed by atoms with van der Waals surface area (Å²) in [5.74, 6) is -0.402. The first-order valence-corrected chi connectivity index (χ1v) is 10.1.